The van der Waals surface area contributed by atoms with Gasteiger partial charge in [-0.3, -0.25) is 0 Å². The Morgan fingerprint density at radius 1 is 1.11 bits per heavy atom. The fourth-order valence-electron chi connectivity index (χ4n) is 1.63. The third-order valence-electron chi connectivity index (χ3n) is 2.81. The summed E-state index contributed by atoms with van der Waals surface area (Å²) < 4.78 is 11.2. The first-order valence-corrected chi connectivity index (χ1v) is 6.98. The number of aromatic nitrogens is 2. The first-order chi connectivity index (χ1) is 9.22. The number of ether oxygens (including phenoxy) is 2. The Bertz CT molecular complexity index is 383. The van der Waals surface area contributed by atoms with Gasteiger partial charge in [-0.15, -0.1) is 0 Å². The number of hydrogen-bond donors (Lipinski definition) is 1. The predicted octanol–water partition coefficient (Wildman–Crippen LogP) is 2.58. The average molecular weight is 267 g/mol. The summed E-state index contributed by atoms with van der Waals surface area (Å²) in [5.74, 6) is 2.26. The van der Waals surface area contributed by atoms with Crippen LogP contribution >= 0.6 is 0 Å². The van der Waals surface area contributed by atoms with E-state index in [4.69, 9.17) is 9.47 Å². The molecule has 5 heteroatoms. The Morgan fingerprint density at radius 3 is 2.53 bits per heavy atom. The van der Waals surface area contributed by atoms with Crippen LogP contribution in [-0.2, 0) is 11.2 Å². The number of anilines is 1. The third kappa shape index (κ3) is 5.03. The molecule has 19 heavy (non-hydrogen) atoms. The zero-order valence-electron chi connectivity index (χ0n) is 12.5. The average Bonchev–Trinajstić information content (AvgIpc) is 2.44. The lowest BCUT2D eigenvalue weighted by Crippen LogP contribution is -2.11. The molecule has 1 aromatic rings. The molecule has 0 saturated heterocycles. The van der Waals surface area contributed by atoms with E-state index in [1.54, 1.807) is 0 Å². The number of nitrogens with one attached hydrogen (secondary N) is 1. The van der Waals surface area contributed by atoms with Crippen LogP contribution < -0.4 is 10.1 Å². The second kappa shape index (κ2) is 8.69. The van der Waals surface area contributed by atoms with Gasteiger partial charge in [0, 0.05) is 20.1 Å². The zero-order chi connectivity index (χ0) is 14.1. The molecule has 0 bridgehead atoms. The van der Waals surface area contributed by atoms with Gasteiger partial charge in [-0.05, 0) is 13.3 Å². The number of unbranched alkanes of at least 4 members (excludes halogenated alkanes) is 1. The van der Waals surface area contributed by atoms with Crippen molar-refractivity contribution in [1.29, 1.82) is 0 Å². The van der Waals surface area contributed by atoms with Crippen LogP contribution in [0.3, 0.4) is 0 Å². The van der Waals surface area contributed by atoms with Crippen LogP contribution in [0.5, 0.6) is 5.88 Å². The van der Waals surface area contributed by atoms with Gasteiger partial charge in [0.2, 0.25) is 5.88 Å². The van der Waals surface area contributed by atoms with Gasteiger partial charge in [-0.2, -0.15) is 4.98 Å². The molecule has 0 aliphatic carbocycles. The summed E-state index contributed by atoms with van der Waals surface area (Å²) >= 11 is 0. The molecular formula is C14H25N3O2. The highest BCUT2D eigenvalue weighted by Gasteiger charge is 2.10. The maximum absolute atomic E-state index is 5.69. The molecule has 0 aliphatic rings. The lowest BCUT2D eigenvalue weighted by atomic mass is 10.3. The fraction of sp³-hybridized carbons (Fsp3) is 0.714. The van der Waals surface area contributed by atoms with Gasteiger partial charge in [0.05, 0.1) is 12.2 Å². The van der Waals surface area contributed by atoms with Crippen molar-refractivity contribution in [2.24, 2.45) is 0 Å². The molecular weight excluding hydrogens is 242 g/mol. The van der Waals surface area contributed by atoms with Crippen molar-refractivity contribution in [2.75, 3.05) is 32.2 Å². The molecule has 0 amide bonds. The molecule has 0 aromatic carbocycles. The first-order valence-electron chi connectivity index (χ1n) is 6.98. The van der Waals surface area contributed by atoms with Gasteiger partial charge in [0.25, 0.3) is 0 Å². The molecule has 5 nitrogen and oxygen atoms in total. The van der Waals surface area contributed by atoms with E-state index < -0.39 is 0 Å². The second-order valence-electron chi connectivity index (χ2n) is 4.34. The highest BCUT2D eigenvalue weighted by Crippen LogP contribution is 2.21. The summed E-state index contributed by atoms with van der Waals surface area (Å²) in [6.45, 7) is 8.05. The van der Waals surface area contributed by atoms with Gasteiger partial charge in [0.15, 0.2) is 0 Å². The van der Waals surface area contributed by atoms with E-state index in [0.29, 0.717) is 19.1 Å². The second-order valence-corrected chi connectivity index (χ2v) is 4.34. The number of nitrogens with zero attached hydrogens (tertiary/aromatic N) is 2. The molecule has 1 N–H and O–H groups in total. The predicted molar refractivity (Wildman–Crippen MR) is 76.9 cm³/mol. The van der Waals surface area contributed by atoms with Crippen LogP contribution in [0.2, 0.25) is 0 Å². The molecule has 1 rings (SSSR count). The number of hydrogen-bond acceptors (Lipinski definition) is 5. The van der Waals surface area contributed by atoms with Crippen molar-refractivity contribution in [3.63, 3.8) is 0 Å². The quantitative estimate of drug-likeness (QED) is 0.697. The minimum absolute atomic E-state index is 0.522. The smallest absolute Gasteiger partial charge is 0.221 e. The minimum atomic E-state index is 0.522. The molecule has 1 heterocycles. The van der Waals surface area contributed by atoms with Gasteiger partial charge in [-0.1, -0.05) is 20.3 Å². The number of aryl methyl sites for hydroxylation is 1. The molecule has 0 spiro atoms. The lowest BCUT2D eigenvalue weighted by molar-refractivity contribution is 0.0961. The summed E-state index contributed by atoms with van der Waals surface area (Å²) in [7, 11) is 1.85. The molecule has 0 aliphatic heterocycles. The summed E-state index contributed by atoms with van der Waals surface area (Å²) in [5.41, 5.74) is 0.938. The van der Waals surface area contributed by atoms with E-state index in [-0.39, 0.29) is 0 Å². The van der Waals surface area contributed by atoms with Gasteiger partial charge < -0.3 is 14.8 Å². The summed E-state index contributed by atoms with van der Waals surface area (Å²) in [6, 6.07) is 0. The molecule has 0 fully saturated rings. The van der Waals surface area contributed by atoms with E-state index in [1.165, 1.54) is 0 Å². The number of rotatable bonds is 9. The molecule has 108 valence electrons. The van der Waals surface area contributed by atoms with Crippen molar-refractivity contribution in [1.82, 2.24) is 9.97 Å². The topological polar surface area (TPSA) is 56.3 Å². The van der Waals surface area contributed by atoms with Crippen molar-refractivity contribution in [2.45, 2.75) is 40.0 Å². The molecule has 0 radical (unpaired) electrons. The molecule has 0 unspecified atom stereocenters. The molecule has 0 saturated carbocycles. The zero-order valence-corrected chi connectivity index (χ0v) is 12.5. The van der Waals surface area contributed by atoms with E-state index in [1.807, 2.05) is 20.9 Å². The van der Waals surface area contributed by atoms with Gasteiger partial charge in [-0.25, -0.2) is 4.98 Å². The van der Waals surface area contributed by atoms with Crippen LogP contribution in [0.4, 0.5) is 5.82 Å². The van der Waals surface area contributed by atoms with Crippen molar-refractivity contribution in [3.05, 3.63) is 11.4 Å². The maximum atomic E-state index is 5.69. The molecule has 0 atom stereocenters. The highest BCUT2D eigenvalue weighted by atomic mass is 16.5. The third-order valence-corrected chi connectivity index (χ3v) is 2.81. The van der Waals surface area contributed by atoms with Crippen molar-refractivity contribution >= 4 is 5.82 Å². The minimum Gasteiger partial charge on any atom is -0.475 e. The van der Waals surface area contributed by atoms with E-state index >= 15 is 0 Å². The van der Waals surface area contributed by atoms with Crippen LogP contribution in [0.1, 0.15) is 38.1 Å². The van der Waals surface area contributed by atoms with Crippen LogP contribution in [0.25, 0.3) is 0 Å². The highest BCUT2D eigenvalue weighted by molar-refractivity contribution is 5.48. The van der Waals surface area contributed by atoms with Crippen molar-refractivity contribution in [3.8, 4) is 5.88 Å². The summed E-state index contributed by atoms with van der Waals surface area (Å²) in [4.78, 5) is 8.81. The molecule has 1 aromatic heterocycles. The maximum Gasteiger partial charge on any atom is 0.221 e. The Hall–Kier alpha value is -1.36. The largest absolute Gasteiger partial charge is 0.475 e. The van der Waals surface area contributed by atoms with Crippen LogP contribution in [-0.4, -0.2) is 36.8 Å². The Kier molecular flexibility index (Phi) is 7.18. The first kappa shape index (κ1) is 15.7. The Labute approximate surface area is 115 Å². The Balaban J connectivity index is 2.52. The van der Waals surface area contributed by atoms with E-state index in [0.717, 1.165) is 43.1 Å². The van der Waals surface area contributed by atoms with E-state index in [2.05, 4.69) is 22.2 Å². The van der Waals surface area contributed by atoms with Crippen LogP contribution in [0.15, 0.2) is 0 Å². The fourth-order valence-corrected chi connectivity index (χ4v) is 1.63. The summed E-state index contributed by atoms with van der Waals surface area (Å²) in [6.07, 6.45) is 3.03. The SMILES string of the molecule is CCCCOCCOc1nc(CC)nc(NC)c1C. The van der Waals surface area contributed by atoms with Crippen LogP contribution in [0, 0.1) is 6.92 Å². The lowest BCUT2D eigenvalue weighted by Gasteiger charge is -2.12. The van der Waals surface area contributed by atoms with Gasteiger partial charge >= 0.3 is 0 Å². The standard InChI is InChI=1S/C14H25N3O2/c1-5-7-8-18-9-10-19-14-11(3)13(15-4)16-12(6-2)17-14/h5-10H2,1-4H3,(H,15,16,17). The normalized spacial score (nSPS) is 10.5. The summed E-state index contributed by atoms with van der Waals surface area (Å²) in [5, 5.41) is 3.07. The van der Waals surface area contributed by atoms with E-state index in [9.17, 15) is 0 Å². The monoisotopic (exact) mass is 267 g/mol. The van der Waals surface area contributed by atoms with Crippen molar-refractivity contribution < 1.29 is 9.47 Å². The Morgan fingerprint density at radius 2 is 1.89 bits per heavy atom. The van der Waals surface area contributed by atoms with Gasteiger partial charge in [0.1, 0.15) is 18.2 Å².